The fourth-order valence-corrected chi connectivity index (χ4v) is 1.76. The van der Waals surface area contributed by atoms with Crippen molar-refractivity contribution in [2.75, 3.05) is 17.6 Å². The van der Waals surface area contributed by atoms with Crippen LogP contribution in [0.15, 0.2) is 48.5 Å². The number of hydrogen-bond donors (Lipinski definition) is 3. The Bertz CT molecular complexity index is 567. The zero-order chi connectivity index (χ0) is 13.7. The molecule has 0 aliphatic rings. The minimum Gasteiger partial charge on any atom is -0.397 e. The quantitative estimate of drug-likeness (QED) is 0.736. The maximum Gasteiger partial charge on any atom is 0.251 e. The number of hydrogen-bond acceptors (Lipinski definition) is 3. The molecule has 2 aromatic carbocycles. The number of nitrogen functional groups attached to an aromatic ring is 1. The molecule has 0 fully saturated rings. The first kappa shape index (κ1) is 13.0. The Morgan fingerprint density at radius 1 is 1.16 bits per heavy atom. The second-order valence-electron chi connectivity index (χ2n) is 4.15. The van der Waals surface area contributed by atoms with Crippen molar-refractivity contribution >= 4 is 23.0 Å². The van der Waals surface area contributed by atoms with E-state index >= 15 is 0 Å². The minimum atomic E-state index is -0.111. The van der Waals surface area contributed by atoms with Crippen molar-refractivity contribution in [2.45, 2.75) is 6.92 Å². The molecule has 0 aliphatic heterocycles. The highest BCUT2D eigenvalue weighted by Crippen LogP contribution is 2.24. The number of benzene rings is 2. The largest absolute Gasteiger partial charge is 0.397 e. The van der Waals surface area contributed by atoms with Crippen LogP contribution in [0.5, 0.6) is 0 Å². The molecule has 0 saturated carbocycles. The third-order valence-corrected chi connectivity index (χ3v) is 2.70. The Balaban J connectivity index is 2.18. The second kappa shape index (κ2) is 5.91. The Kier molecular flexibility index (Phi) is 4.03. The lowest BCUT2D eigenvalue weighted by Crippen LogP contribution is -2.22. The van der Waals surface area contributed by atoms with Gasteiger partial charge in [0.05, 0.1) is 11.4 Å². The highest BCUT2D eigenvalue weighted by Gasteiger charge is 2.07. The standard InChI is InChI=1S/C15H17N3O/c1-2-17-15(19)11-8-9-14(13(16)10-11)18-12-6-4-3-5-7-12/h3-10,18H,2,16H2,1H3,(H,17,19). The van der Waals surface area contributed by atoms with Crippen LogP contribution in [0, 0.1) is 0 Å². The van der Waals surface area contributed by atoms with Gasteiger partial charge in [0.15, 0.2) is 0 Å². The summed E-state index contributed by atoms with van der Waals surface area (Å²) in [7, 11) is 0. The van der Waals surface area contributed by atoms with Crippen LogP contribution in [0.3, 0.4) is 0 Å². The zero-order valence-corrected chi connectivity index (χ0v) is 10.8. The molecule has 4 nitrogen and oxygen atoms in total. The van der Waals surface area contributed by atoms with E-state index in [4.69, 9.17) is 5.73 Å². The van der Waals surface area contributed by atoms with E-state index in [0.717, 1.165) is 11.4 Å². The highest BCUT2D eigenvalue weighted by molar-refractivity contribution is 5.96. The van der Waals surface area contributed by atoms with Crippen molar-refractivity contribution < 1.29 is 4.79 Å². The molecule has 0 unspecified atom stereocenters. The van der Waals surface area contributed by atoms with E-state index in [-0.39, 0.29) is 5.91 Å². The van der Waals surface area contributed by atoms with Crippen molar-refractivity contribution in [3.63, 3.8) is 0 Å². The molecule has 0 radical (unpaired) electrons. The van der Waals surface area contributed by atoms with Gasteiger partial charge in [0.25, 0.3) is 5.91 Å². The van der Waals surface area contributed by atoms with Gasteiger partial charge in [0.2, 0.25) is 0 Å². The molecule has 0 heterocycles. The van der Waals surface area contributed by atoms with Gasteiger partial charge in [-0.25, -0.2) is 0 Å². The van der Waals surface area contributed by atoms with Gasteiger partial charge in [0, 0.05) is 17.8 Å². The second-order valence-corrected chi connectivity index (χ2v) is 4.15. The predicted octanol–water partition coefficient (Wildman–Crippen LogP) is 2.76. The summed E-state index contributed by atoms with van der Waals surface area (Å²) in [6.07, 6.45) is 0. The van der Waals surface area contributed by atoms with Gasteiger partial charge in [-0.05, 0) is 37.3 Å². The predicted molar refractivity (Wildman–Crippen MR) is 78.6 cm³/mol. The minimum absolute atomic E-state index is 0.111. The van der Waals surface area contributed by atoms with Crippen LogP contribution in [-0.4, -0.2) is 12.5 Å². The van der Waals surface area contributed by atoms with Crippen molar-refractivity contribution in [3.05, 3.63) is 54.1 Å². The Morgan fingerprint density at radius 2 is 1.89 bits per heavy atom. The van der Waals surface area contributed by atoms with Crippen LogP contribution in [-0.2, 0) is 0 Å². The summed E-state index contributed by atoms with van der Waals surface area (Å²) < 4.78 is 0. The summed E-state index contributed by atoms with van der Waals surface area (Å²) in [5, 5.41) is 5.96. The monoisotopic (exact) mass is 255 g/mol. The van der Waals surface area contributed by atoms with E-state index in [9.17, 15) is 4.79 Å². The number of nitrogens with two attached hydrogens (primary N) is 1. The third-order valence-electron chi connectivity index (χ3n) is 2.70. The number of para-hydroxylation sites is 1. The maximum atomic E-state index is 11.7. The molecule has 0 saturated heterocycles. The van der Waals surface area contributed by atoms with Crippen LogP contribution in [0.4, 0.5) is 17.1 Å². The molecule has 0 atom stereocenters. The molecule has 0 spiro atoms. The molecule has 0 aliphatic carbocycles. The van der Waals surface area contributed by atoms with Gasteiger partial charge in [0.1, 0.15) is 0 Å². The normalized spacial score (nSPS) is 9.95. The lowest BCUT2D eigenvalue weighted by molar-refractivity contribution is 0.0956. The van der Waals surface area contributed by atoms with Gasteiger partial charge in [-0.15, -0.1) is 0 Å². The average Bonchev–Trinajstić information content (AvgIpc) is 2.42. The summed E-state index contributed by atoms with van der Waals surface area (Å²) in [5.74, 6) is -0.111. The molecule has 2 aromatic rings. The first-order chi connectivity index (χ1) is 9.20. The van der Waals surface area contributed by atoms with E-state index in [0.29, 0.717) is 17.8 Å². The molecule has 0 bridgehead atoms. The topological polar surface area (TPSA) is 67.2 Å². The summed E-state index contributed by atoms with van der Waals surface area (Å²) >= 11 is 0. The summed E-state index contributed by atoms with van der Waals surface area (Å²) in [5.41, 5.74) is 8.83. The Labute approximate surface area is 112 Å². The molecule has 2 rings (SSSR count). The number of amides is 1. The van der Waals surface area contributed by atoms with Crippen molar-refractivity contribution in [1.29, 1.82) is 0 Å². The van der Waals surface area contributed by atoms with E-state index in [1.165, 1.54) is 0 Å². The molecular weight excluding hydrogens is 238 g/mol. The number of carbonyl (C=O) groups is 1. The molecule has 98 valence electrons. The van der Waals surface area contributed by atoms with Gasteiger partial charge in [-0.3, -0.25) is 4.79 Å². The average molecular weight is 255 g/mol. The van der Waals surface area contributed by atoms with Gasteiger partial charge < -0.3 is 16.4 Å². The summed E-state index contributed by atoms with van der Waals surface area (Å²) in [6, 6.07) is 15.0. The zero-order valence-electron chi connectivity index (χ0n) is 10.8. The number of rotatable bonds is 4. The SMILES string of the molecule is CCNC(=O)c1ccc(Nc2ccccc2)c(N)c1. The van der Waals surface area contributed by atoms with E-state index in [2.05, 4.69) is 10.6 Å². The van der Waals surface area contributed by atoms with Crippen LogP contribution >= 0.6 is 0 Å². The van der Waals surface area contributed by atoms with E-state index in [1.54, 1.807) is 12.1 Å². The molecule has 4 N–H and O–H groups in total. The fraction of sp³-hybridized carbons (Fsp3) is 0.133. The first-order valence-corrected chi connectivity index (χ1v) is 6.20. The molecule has 0 aromatic heterocycles. The van der Waals surface area contributed by atoms with Crippen LogP contribution in [0.1, 0.15) is 17.3 Å². The third kappa shape index (κ3) is 3.25. The smallest absolute Gasteiger partial charge is 0.251 e. The number of carbonyl (C=O) groups excluding carboxylic acids is 1. The van der Waals surface area contributed by atoms with Gasteiger partial charge in [-0.1, -0.05) is 18.2 Å². The molecular formula is C15H17N3O. The van der Waals surface area contributed by atoms with Crippen LogP contribution in [0.2, 0.25) is 0 Å². The Morgan fingerprint density at radius 3 is 2.53 bits per heavy atom. The fourth-order valence-electron chi connectivity index (χ4n) is 1.76. The van der Waals surface area contributed by atoms with E-state index < -0.39 is 0 Å². The lowest BCUT2D eigenvalue weighted by atomic mass is 10.1. The molecule has 4 heteroatoms. The van der Waals surface area contributed by atoms with Crippen molar-refractivity contribution in [2.24, 2.45) is 0 Å². The Hall–Kier alpha value is -2.49. The highest BCUT2D eigenvalue weighted by atomic mass is 16.1. The van der Waals surface area contributed by atoms with Crippen LogP contribution < -0.4 is 16.4 Å². The number of anilines is 3. The lowest BCUT2D eigenvalue weighted by Gasteiger charge is -2.10. The molecule has 1 amide bonds. The maximum absolute atomic E-state index is 11.7. The number of nitrogens with one attached hydrogen (secondary N) is 2. The van der Waals surface area contributed by atoms with E-state index in [1.807, 2.05) is 43.3 Å². The van der Waals surface area contributed by atoms with Crippen molar-refractivity contribution in [1.82, 2.24) is 5.32 Å². The van der Waals surface area contributed by atoms with Crippen molar-refractivity contribution in [3.8, 4) is 0 Å². The summed E-state index contributed by atoms with van der Waals surface area (Å²) in [4.78, 5) is 11.7. The first-order valence-electron chi connectivity index (χ1n) is 6.20. The molecule has 19 heavy (non-hydrogen) atoms. The van der Waals surface area contributed by atoms with Gasteiger partial charge in [-0.2, -0.15) is 0 Å². The van der Waals surface area contributed by atoms with Gasteiger partial charge >= 0.3 is 0 Å². The van der Waals surface area contributed by atoms with Crippen LogP contribution in [0.25, 0.3) is 0 Å². The summed E-state index contributed by atoms with van der Waals surface area (Å²) in [6.45, 7) is 2.48.